The molecule has 0 N–H and O–H groups in total. The minimum Gasteiger partial charge on any atom is -0.466 e. The summed E-state index contributed by atoms with van der Waals surface area (Å²) in [5.41, 5.74) is -0.964. The Kier molecular flexibility index (Phi) is 4.30. The summed E-state index contributed by atoms with van der Waals surface area (Å²) < 4.78 is 39.8. The van der Waals surface area contributed by atoms with E-state index in [4.69, 9.17) is 0 Å². The molecular formula is C6H6BrF3O2. The summed E-state index contributed by atoms with van der Waals surface area (Å²) in [6.07, 6.45) is -4.08. The number of methoxy groups -OCH3 is 1. The van der Waals surface area contributed by atoms with Gasteiger partial charge in [0.15, 0.2) is 0 Å². The van der Waals surface area contributed by atoms with E-state index >= 15 is 0 Å². The lowest BCUT2D eigenvalue weighted by atomic mass is 10.3. The van der Waals surface area contributed by atoms with E-state index in [1.54, 1.807) is 0 Å². The van der Waals surface area contributed by atoms with Gasteiger partial charge in [0, 0.05) is 11.4 Å². The summed E-state index contributed by atoms with van der Waals surface area (Å²) in [5, 5.41) is -0.425. The van der Waals surface area contributed by atoms with Crippen LogP contribution in [0.4, 0.5) is 13.2 Å². The number of ether oxygens (including phenoxy) is 1. The van der Waals surface area contributed by atoms with Crippen LogP contribution in [0.5, 0.6) is 0 Å². The number of hydrogen-bond donors (Lipinski definition) is 0. The third-order valence-corrected chi connectivity index (χ3v) is 1.61. The number of esters is 1. The Labute approximate surface area is 75.5 Å². The van der Waals surface area contributed by atoms with Crippen LogP contribution in [0.2, 0.25) is 0 Å². The van der Waals surface area contributed by atoms with Crippen molar-refractivity contribution in [3.05, 3.63) is 11.6 Å². The number of hydrogen-bond acceptors (Lipinski definition) is 2. The van der Waals surface area contributed by atoms with Crippen LogP contribution in [0, 0.1) is 0 Å². The molecule has 12 heavy (non-hydrogen) atoms. The highest BCUT2D eigenvalue weighted by Crippen LogP contribution is 2.26. The van der Waals surface area contributed by atoms with Gasteiger partial charge in [-0.05, 0) is 0 Å². The fourth-order valence-corrected chi connectivity index (χ4v) is 0.877. The summed E-state index contributed by atoms with van der Waals surface area (Å²) in [6.45, 7) is 0. The molecular weight excluding hydrogens is 241 g/mol. The monoisotopic (exact) mass is 246 g/mol. The lowest BCUT2D eigenvalue weighted by Gasteiger charge is -2.07. The van der Waals surface area contributed by atoms with Crippen LogP contribution in [0.3, 0.4) is 0 Å². The summed E-state index contributed by atoms with van der Waals surface area (Å²) in [5.74, 6) is -1.01. The van der Waals surface area contributed by atoms with Crippen molar-refractivity contribution >= 4 is 21.9 Å². The molecule has 0 aromatic carbocycles. The van der Waals surface area contributed by atoms with Crippen molar-refractivity contribution in [1.82, 2.24) is 0 Å². The maximum absolute atomic E-state index is 11.9. The molecule has 0 amide bonds. The Morgan fingerprint density at radius 1 is 1.58 bits per heavy atom. The molecule has 0 radical (unpaired) electrons. The van der Waals surface area contributed by atoms with Crippen molar-refractivity contribution in [2.45, 2.75) is 6.18 Å². The number of carbonyl (C=O) groups is 1. The van der Waals surface area contributed by atoms with Gasteiger partial charge in [-0.25, -0.2) is 4.79 Å². The molecule has 0 fully saturated rings. The number of allylic oxidation sites excluding steroid dienone is 1. The van der Waals surface area contributed by atoms with E-state index in [9.17, 15) is 18.0 Å². The molecule has 0 unspecified atom stereocenters. The molecule has 0 heterocycles. The first-order valence-electron chi connectivity index (χ1n) is 2.83. The topological polar surface area (TPSA) is 26.3 Å². The van der Waals surface area contributed by atoms with Crippen LogP contribution in [0.15, 0.2) is 11.6 Å². The average molecular weight is 247 g/mol. The largest absolute Gasteiger partial charge is 0.466 e. The second kappa shape index (κ2) is 4.49. The predicted octanol–water partition coefficient (Wildman–Crippen LogP) is 2.04. The Hall–Kier alpha value is -0.520. The summed E-state index contributed by atoms with van der Waals surface area (Å²) in [7, 11) is 1.01. The predicted molar refractivity (Wildman–Crippen MR) is 39.9 cm³/mol. The SMILES string of the molecule is COC(=O)/C=C(\CBr)C(F)(F)F. The number of alkyl halides is 4. The summed E-state index contributed by atoms with van der Waals surface area (Å²) in [4.78, 5) is 10.4. The minimum absolute atomic E-state index is 0.411. The first-order valence-corrected chi connectivity index (χ1v) is 3.95. The van der Waals surface area contributed by atoms with Crippen molar-refractivity contribution in [2.75, 3.05) is 12.4 Å². The van der Waals surface area contributed by atoms with Crippen LogP contribution in [-0.2, 0) is 9.53 Å². The highest BCUT2D eigenvalue weighted by molar-refractivity contribution is 9.09. The minimum atomic E-state index is -4.49. The molecule has 0 bridgehead atoms. The molecule has 0 aliphatic carbocycles. The van der Waals surface area contributed by atoms with Gasteiger partial charge in [-0.3, -0.25) is 0 Å². The third-order valence-electron chi connectivity index (χ3n) is 1.00. The molecule has 70 valence electrons. The molecule has 0 atom stereocenters. The van der Waals surface area contributed by atoms with Gasteiger partial charge in [-0.2, -0.15) is 13.2 Å². The molecule has 0 aromatic rings. The van der Waals surface area contributed by atoms with Crippen LogP contribution >= 0.6 is 15.9 Å². The van der Waals surface area contributed by atoms with E-state index in [-0.39, 0.29) is 0 Å². The van der Waals surface area contributed by atoms with Crippen LogP contribution in [-0.4, -0.2) is 24.6 Å². The van der Waals surface area contributed by atoms with E-state index in [0.717, 1.165) is 7.11 Å². The summed E-state index contributed by atoms with van der Waals surface area (Å²) >= 11 is 2.61. The van der Waals surface area contributed by atoms with Gasteiger partial charge in [0.25, 0.3) is 0 Å². The zero-order chi connectivity index (χ0) is 9.78. The van der Waals surface area contributed by atoms with Gasteiger partial charge in [0.1, 0.15) is 0 Å². The van der Waals surface area contributed by atoms with Crippen molar-refractivity contribution in [2.24, 2.45) is 0 Å². The van der Waals surface area contributed by atoms with E-state index in [0.29, 0.717) is 6.08 Å². The molecule has 0 aliphatic heterocycles. The molecule has 0 spiro atoms. The fraction of sp³-hybridized carbons (Fsp3) is 0.500. The van der Waals surface area contributed by atoms with Crippen molar-refractivity contribution < 1.29 is 22.7 Å². The molecule has 2 nitrogen and oxygen atoms in total. The fourth-order valence-electron chi connectivity index (χ4n) is 0.397. The zero-order valence-corrected chi connectivity index (χ0v) is 7.70. The molecule has 0 aliphatic rings. The van der Waals surface area contributed by atoms with Gasteiger partial charge in [-0.1, -0.05) is 15.9 Å². The highest BCUT2D eigenvalue weighted by Gasteiger charge is 2.33. The van der Waals surface area contributed by atoms with Gasteiger partial charge in [0.2, 0.25) is 0 Å². The van der Waals surface area contributed by atoms with E-state index in [1.165, 1.54) is 0 Å². The van der Waals surface area contributed by atoms with Gasteiger partial charge >= 0.3 is 12.1 Å². The van der Waals surface area contributed by atoms with Gasteiger partial charge < -0.3 is 4.74 Å². The number of rotatable bonds is 2. The number of carbonyl (C=O) groups excluding carboxylic acids is 1. The number of halogens is 4. The first-order chi connectivity index (χ1) is 5.41. The van der Waals surface area contributed by atoms with Gasteiger partial charge in [-0.15, -0.1) is 0 Å². The first kappa shape index (κ1) is 11.5. The Morgan fingerprint density at radius 3 is 2.33 bits per heavy atom. The second-order valence-electron chi connectivity index (χ2n) is 1.82. The van der Waals surface area contributed by atoms with E-state index in [2.05, 4.69) is 20.7 Å². The Bertz CT molecular complexity index is 197. The van der Waals surface area contributed by atoms with Crippen LogP contribution < -0.4 is 0 Å². The van der Waals surface area contributed by atoms with Crippen LogP contribution in [0.25, 0.3) is 0 Å². The summed E-state index contributed by atoms with van der Waals surface area (Å²) in [6, 6.07) is 0. The second-order valence-corrected chi connectivity index (χ2v) is 2.38. The quantitative estimate of drug-likeness (QED) is 0.424. The molecule has 0 saturated heterocycles. The molecule has 6 heteroatoms. The third kappa shape index (κ3) is 3.75. The van der Waals surface area contributed by atoms with Crippen molar-refractivity contribution in [1.29, 1.82) is 0 Å². The lowest BCUT2D eigenvalue weighted by molar-refractivity contribution is -0.135. The highest BCUT2D eigenvalue weighted by atomic mass is 79.9. The smallest absolute Gasteiger partial charge is 0.413 e. The molecule has 0 saturated carbocycles. The van der Waals surface area contributed by atoms with Crippen LogP contribution in [0.1, 0.15) is 0 Å². The Balaban J connectivity index is 4.55. The normalized spacial score (nSPS) is 12.9. The standard InChI is InChI=1S/C6H6BrF3O2/c1-12-5(11)2-4(3-7)6(8,9)10/h2H,3H2,1H3/b4-2+. The zero-order valence-electron chi connectivity index (χ0n) is 6.11. The average Bonchev–Trinajstić information content (AvgIpc) is 1.97. The maximum atomic E-state index is 11.9. The van der Waals surface area contributed by atoms with Crippen molar-refractivity contribution in [3.8, 4) is 0 Å². The lowest BCUT2D eigenvalue weighted by Crippen LogP contribution is -2.15. The van der Waals surface area contributed by atoms with Crippen molar-refractivity contribution in [3.63, 3.8) is 0 Å². The molecule has 0 aromatic heterocycles. The van der Waals surface area contributed by atoms with E-state index in [1.807, 2.05) is 0 Å². The maximum Gasteiger partial charge on any atom is 0.413 e. The van der Waals surface area contributed by atoms with Gasteiger partial charge in [0.05, 0.1) is 12.7 Å². The Morgan fingerprint density at radius 2 is 2.08 bits per heavy atom. The van der Waals surface area contributed by atoms with E-state index < -0.39 is 23.0 Å². The molecule has 0 rings (SSSR count).